The third-order valence-corrected chi connectivity index (χ3v) is 5.10. The molecule has 0 saturated heterocycles. The smallest absolute Gasteiger partial charge is 0.263 e. The van der Waals surface area contributed by atoms with E-state index < -0.39 is 15.8 Å². The fraction of sp³-hybridized carbons (Fsp3) is 0.0769. The lowest BCUT2D eigenvalue weighted by atomic mass is 10.3. The van der Waals surface area contributed by atoms with E-state index in [0.29, 0.717) is 9.92 Å². The number of hydrogen-bond acceptors (Lipinski definition) is 3. The minimum atomic E-state index is -3.90. The fourth-order valence-corrected chi connectivity index (χ4v) is 4.06. The molecule has 0 unspecified atom stereocenters. The molecule has 2 aromatic rings. The molecule has 0 radical (unpaired) electrons. The molecule has 0 aliphatic carbocycles. The van der Waals surface area contributed by atoms with Crippen LogP contribution >= 0.6 is 23.4 Å². The van der Waals surface area contributed by atoms with Gasteiger partial charge in [0, 0.05) is 9.92 Å². The fourth-order valence-electron chi connectivity index (χ4n) is 1.60. The summed E-state index contributed by atoms with van der Waals surface area (Å²) in [6, 6.07) is 10.1. The second kappa shape index (κ2) is 6.03. The third kappa shape index (κ3) is 3.26. The Hall–Kier alpha value is -1.24. The highest BCUT2D eigenvalue weighted by molar-refractivity contribution is 7.99. The molecule has 0 aliphatic heterocycles. The summed E-state index contributed by atoms with van der Waals surface area (Å²) in [4.78, 5) is 0.569. The van der Waals surface area contributed by atoms with E-state index in [1.165, 1.54) is 36.0 Å². The van der Waals surface area contributed by atoms with E-state index in [1.54, 1.807) is 24.5 Å². The number of nitrogens with one attached hydrogen (secondary N) is 1. The summed E-state index contributed by atoms with van der Waals surface area (Å²) in [6.07, 6.45) is 1.76. The van der Waals surface area contributed by atoms with Gasteiger partial charge < -0.3 is 0 Å². The van der Waals surface area contributed by atoms with E-state index in [9.17, 15) is 12.8 Å². The first-order chi connectivity index (χ1) is 9.44. The molecule has 3 nitrogen and oxygen atoms in total. The minimum Gasteiger partial charge on any atom is -0.277 e. The van der Waals surface area contributed by atoms with E-state index in [-0.39, 0.29) is 10.6 Å². The van der Waals surface area contributed by atoms with Crippen LogP contribution in [-0.2, 0) is 10.0 Å². The van der Waals surface area contributed by atoms with Gasteiger partial charge in [0.25, 0.3) is 10.0 Å². The van der Waals surface area contributed by atoms with Gasteiger partial charge in [0.05, 0.1) is 5.69 Å². The quantitative estimate of drug-likeness (QED) is 0.861. The van der Waals surface area contributed by atoms with Gasteiger partial charge in [-0.3, -0.25) is 4.72 Å². The van der Waals surface area contributed by atoms with Crippen LogP contribution in [0.15, 0.2) is 52.3 Å². The first-order valence-corrected chi connectivity index (χ1v) is 8.63. The van der Waals surface area contributed by atoms with E-state index in [1.807, 2.05) is 0 Å². The summed E-state index contributed by atoms with van der Waals surface area (Å²) in [6.45, 7) is 0. The maximum Gasteiger partial charge on any atom is 0.263 e. The van der Waals surface area contributed by atoms with Gasteiger partial charge in [-0.1, -0.05) is 23.7 Å². The largest absolute Gasteiger partial charge is 0.277 e. The van der Waals surface area contributed by atoms with Gasteiger partial charge in [0.2, 0.25) is 0 Å². The van der Waals surface area contributed by atoms with Crippen molar-refractivity contribution in [1.29, 1.82) is 0 Å². The Morgan fingerprint density at radius 3 is 2.55 bits per heavy atom. The van der Waals surface area contributed by atoms with Gasteiger partial charge in [-0.25, -0.2) is 12.8 Å². The van der Waals surface area contributed by atoms with Crippen LogP contribution < -0.4 is 4.72 Å². The second-order valence-electron chi connectivity index (χ2n) is 3.88. The lowest BCUT2D eigenvalue weighted by Gasteiger charge is -2.12. The van der Waals surface area contributed by atoms with Crippen molar-refractivity contribution in [2.45, 2.75) is 9.79 Å². The molecular weight excluding hydrogens is 321 g/mol. The van der Waals surface area contributed by atoms with Crippen LogP contribution in [0.5, 0.6) is 0 Å². The zero-order valence-electron chi connectivity index (χ0n) is 10.4. The van der Waals surface area contributed by atoms with Crippen LogP contribution in [0.3, 0.4) is 0 Å². The van der Waals surface area contributed by atoms with Gasteiger partial charge in [0.15, 0.2) is 0 Å². The van der Waals surface area contributed by atoms with Gasteiger partial charge in [-0.15, -0.1) is 11.8 Å². The zero-order valence-corrected chi connectivity index (χ0v) is 12.8. The summed E-state index contributed by atoms with van der Waals surface area (Å²) in [7, 11) is -3.90. The monoisotopic (exact) mass is 331 g/mol. The van der Waals surface area contributed by atoms with Crippen molar-refractivity contribution in [2.75, 3.05) is 11.0 Å². The van der Waals surface area contributed by atoms with Crippen molar-refractivity contribution < 1.29 is 12.8 Å². The molecule has 0 heterocycles. The number of para-hydroxylation sites is 1. The number of anilines is 1. The van der Waals surface area contributed by atoms with E-state index in [4.69, 9.17) is 11.6 Å². The molecule has 0 bridgehead atoms. The normalized spacial score (nSPS) is 11.3. The highest BCUT2D eigenvalue weighted by atomic mass is 35.5. The molecule has 7 heteroatoms. The van der Waals surface area contributed by atoms with E-state index >= 15 is 0 Å². The Morgan fingerprint density at radius 2 is 1.90 bits per heavy atom. The highest BCUT2D eigenvalue weighted by Gasteiger charge is 2.20. The van der Waals surface area contributed by atoms with E-state index in [2.05, 4.69) is 4.72 Å². The number of hydrogen-bond donors (Lipinski definition) is 1. The van der Waals surface area contributed by atoms with Gasteiger partial charge in [-0.2, -0.15) is 0 Å². The standard InChI is InChI=1S/C13H11ClFNO2S2/c1-19-12-7-6-9(14)8-13(12)20(17,18)16-11-5-3-2-4-10(11)15/h2-8,16H,1H3. The Kier molecular flexibility index (Phi) is 4.57. The minimum absolute atomic E-state index is 0.0285. The Bertz CT molecular complexity index is 735. The summed E-state index contributed by atoms with van der Waals surface area (Å²) in [5, 5.41) is 0.303. The molecule has 0 aromatic heterocycles. The van der Waals surface area contributed by atoms with E-state index in [0.717, 1.165) is 0 Å². The summed E-state index contributed by atoms with van der Waals surface area (Å²) < 4.78 is 40.4. The molecule has 0 atom stereocenters. The lowest BCUT2D eigenvalue weighted by Crippen LogP contribution is -2.14. The van der Waals surface area contributed by atoms with Crippen molar-refractivity contribution in [3.05, 3.63) is 53.3 Å². The number of rotatable bonds is 4. The maximum absolute atomic E-state index is 13.5. The molecule has 0 amide bonds. The molecule has 2 aromatic carbocycles. The van der Waals surface area contributed by atoms with Crippen molar-refractivity contribution >= 4 is 39.1 Å². The Balaban J connectivity index is 2.46. The van der Waals surface area contributed by atoms with Crippen molar-refractivity contribution in [2.24, 2.45) is 0 Å². The average molecular weight is 332 g/mol. The Labute approximate surface area is 126 Å². The van der Waals surface area contributed by atoms with Crippen molar-refractivity contribution in [1.82, 2.24) is 0 Å². The zero-order chi connectivity index (χ0) is 14.8. The average Bonchev–Trinajstić information content (AvgIpc) is 2.41. The molecule has 20 heavy (non-hydrogen) atoms. The topological polar surface area (TPSA) is 46.2 Å². The molecule has 106 valence electrons. The SMILES string of the molecule is CSc1ccc(Cl)cc1S(=O)(=O)Nc1ccccc1F. The van der Waals surface area contributed by atoms with Gasteiger partial charge in [0.1, 0.15) is 10.7 Å². The number of sulfonamides is 1. The first kappa shape index (κ1) is 15.2. The maximum atomic E-state index is 13.5. The van der Waals surface area contributed by atoms with Crippen LogP contribution in [0.2, 0.25) is 5.02 Å². The Morgan fingerprint density at radius 1 is 1.20 bits per heavy atom. The number of thioether (sulfide) groups is 1. The van der Waals surface area contributed by atoms with Crippen LogP contribution in [0.25, 0.3) is 0 Å². The van der Waals surface area contributed by atoms with Crippen molar-refractivity contribution in [3.8, 4) is 0 Å². The molecule has 1 N–H and O–H groups in total. The summed E-state index contributed by atoms with van der Waals surface area (Å²) >= 11 is 7.11. The van der Waals surface area contributed by atoms with Crippen LogP contribution in [0.1, 0.15) is 0 Å². The molecule has 2 rings (SSSR count). The highest BCUT2D eigenvalue weighted by Crippen LogP contribution is 2.29. The molecule has 0 spiro atoms. The second-order valence-corrected chi connectivity index (χ2v) is 6.82. The first-order valence-electron chi connectivity index (χ1n) is 5.55. The molecule has 0 fully saturated rings. The van der Waals surface area contributed by atoms with Crippen LogP contribution in [0.4, 0.5) is 10.1 Å². The van der Waals surface area contributed by atoms with Crippen LogP contribution in [-0.4, -0.2) is 14.7 Å². The van der Waals surface area contributed by atoms with Gasteiger partial charge >= 0.3 is 0 Å². The number of benzene rings is 2. The predicted octanol–water partition coefficient (Wildman–Crippen LogP) is 4.00. The molecular formula is C13H11ClFNO2S2. The third-order valence-electron chi connectivity index (χ3n) is 2.53. The lowest BCUT2D eigenvalue weighted by molar-refractivity contribution is 0.596. The molecule has 0 saturated carbocycles. The summed E-state index contributed by atoms with van der Waals surface area (Å²) in [5.74, 6) is -0.635. The molecule has 0 aliphatic rings. The van der Waals surface area contributed by atoms with Crippen LogP contribution in [0, 0.1) is 5.82 Å². The van der Waals surface area contributed by atoms with Crippen molar-refractivity contribution in [3.63, 3.8) is 0 Å². The summed E-state index contributed by atoms with van der Waals surface area (Å²) in [5.41, 5.74) is -0.0977. The number of halogens is 2. The van der Waals surface area contributed by atoms with Gasteiger partial charge in [-0.05, 0) is 36.6 Å². The predicted molar refractivity (Wildman–Crippen MR) is 80.4 cm³/mol.